The van der Waals surface area contributed by atoms with Gasteiger partial charge in [-0.2, -0.15) is 0 Å². The Balaban J connectivity index is 2.11. The Morgan fingerprint density at radius 1 is 1.00 bits per heavy atom. The topological polar surface area (TPSA) is 147 Å². The quantitative estimate of drug-likeness (QED) is 0.442. The lowest BCUT2D eigenvalue weighted by Gasteiger charge is -2.20. The normalized spacial score (nSPS) is 13.9. The smallest absolute Gasteiger partial charge is 0.336 e. The van der Waals surface area contributed by atoms with Gasteiger partial charge < -0.3 is 24.8 Å². The second kappa shape index (κ2) is 8.70. The largest absolute Gasteiger partial charge is 0.497 e. The summed E-state index contributed by atoms with van der Waals surface area (Å²) in [7, 11) is 1.55. The summed E-state index contributed by atoms with van der Waals surface area (Å²) in [6, 6.07) is 10.6. The molecule has 2 rings (SSSR count). The number of hydrogen-bond acceptors (Lipinski definition) is 7. The number of carbonyl (C=O) groups excluding carboxylic acids is 2. The maximum Gasteiger partial charge on any atom is 0.336 e. The van der Waals surface area contributed by atoms with Crippen LogP contribution in [0.1, 0.15) is 31.2 Å². The van der Waals surface area contributed by atoms with Crippen molar-refractivity contribution in [2.45, 2.75) is 31.3 Å². The van der Waals surface area contributed by atoms with Crippen LogP contribution in [0.2, 0.25) is 0 Å². The first kappa shape index (κ1) is 21.8. The fourth-order valence-electron chi connectivity index (χ4n) is 2.71. The van der Waals surface area contributed by atoms with Crippen molar-refractivity contribution in [3.8, 4) is 5.75 Å². The number of methoxy groups -OCH3 is 1. The van der Waals surface area contributed by atoms with E-state index in [0.717, 1.165) is 10.8 Å². The fourth-order valence-corrected chi connectivity index (χ4v) is 2.71. The lowest BCUT2D eigenvalue weighted by Crippen LogP contribution is -2.43. The van der Waals surface area contributed by atoms with Crippen LogP contribution in [0.3, 0.4) is 0 Å². The van der Waals surface area contributed by atoms with Gasteiger partial charge in [0.15, 0.2) is 5.60 Å². The SMILES string of the molecule is COc1ccc2cc([C@H](C)C(=O)OC(=O)CC(O)(CC(=O)O)C(=O)O)ccc2c1. The molecule has 0 spiro atoms. The highest BCUT2D eigenvalue weighted by atomic mass is 16.6. The number of ether oxygens (including phenoxy) is 2. The number of benzene rings is 2. The third-order valence-corrected chi connectivity index (χ3v) is 4.42. The molecule has 154 valence electrons. The van der Waals surface area contributed by atoms with Crippen molar-refractivity contribution in [2.75, 3.05) is 7.11 Å². The molecular weight excluding hydrogens is 384 g/mol. The molecule has 1 unspecified atom stereocenters. The highest BCUT2D eigenvalue weighted by Gasteiger charge is 2.42. The highest BCUT2D eigenvalue weighted by Crippen LogP contribution is 2.26. The van der Waals surface area contributed by atoms with E-state index in [2.05, 4.69) is 4.74 Å². The number of hydrogen-bond donors (Lipinski definition) is 3. The first-order chi connectivity index (χ1) is 13.6. The number of carboxylic acid groups (broad SMARTS) is 2. The Morgan fingerprint density at radius 3 is 2.21 bits per heavy atom. The highest BCUT2D eigenvalue weighted by molar-refractivity contribution is 5.94. The van der Waals surface area contributed by atoms with Crippen molar-refractivity contribution in [3.63, 3.8) is 0 Å². The van der Waals surface area contributed by atoms with Crippen LogP contribution in [-0.4, -0.2) is 51.9 Å². The molecule has 0 heterocycles. The Hall–Kier alpha value is -3.46. The second-order valence-electron chi connectivity index (χ2n) is 6.57. The zero-order valence-electron chi connectivity index (χ0n) is 15.7. The summed E-state index contributed by atoms with van der Waals surface area (Å²) in [5.74, 6) is -5.99. The molecule has 0 fully saturated rings. The number of fused-ring (bicyclic) bond motifs is 1. The van der Waals surface area contributed by atoms with E-state index in [1.165, 1.54) is 6.92 Å². The Bertz CT molecular complexity index is 966. The maximum atomic E-state index is 12.3. The average Bonchev–Trinajstić information content (AvgIpc) is 2.65. The zero-order chi connectivity index (χ0) is 21.8. The summed E-state index contributed by atoms with van der Waals surface area (Å²) in [5, 5.41) is 29.2. The van der Waals surface area contributed by atoms with Crippen LogP contribution in [-0.2, 0) is 23.9 Å². The zero-order valence-corrected chi connectivity index (χ0v) is 15.7. The Labute approximate surface area is 165 Å². The van der Waals surface area contributed by atoms with E-state index < -0.39 is 48.2 Å². The van der Waals surface area contributed by atoms with Gasteiger partial charge in [-0.25, -0.2) is 4.79 Å². The predicted octanol–water partition coefficient (Wildman–Crippen LogP) is 1.70. The van der Waals surface area contributed by atoms with Gasteiger partial charge in [-0.05, 0) is 35.4 Å². The number of aliphatic hydroxyl groups is 1. The molecular formula is C20H20O9. The van der Waals surface area contributed by atoms with Gasteiger partial charge in [0.1, 0.15) is 5.75 Å². The van der Waals surface area contributed by atoms with Crippen molar-refractivity contribution in [3.05, 3.63) is 42.0 Å². The molecule has 3 N–H and O–H groups in total. The lowest BCUT2D eigenvalue weighted by molar-refractivity contribution is -0.174. The molecule has 9 nitrogen and oxygen atoms in total. The van der Waals surface area contributed by atoms with Crippen LogP contribution >= 0.6 is 0 Å². The van der Waals surface area contributed by atoms with Gasteiger partial charge in [0.2, 0.25) is 0 Å². The predicted molar refractivity (Wildman–Crippen MR) is 99.5 cm³/mol. The molecule has 2 aromatic rings. The monoisotopic (exact) mass is 404 g/mol. The molecule has 0 saturated heterocycles. The van der Waals surface area contributed by atoms with E-state index in [-0.39, 0.29) is 0 Å². The number of rotatable bonds is 8. The molecule has 0 aliphatic carbocycles. The van der Waals surface area contributed by atoms with Crippen LogP contribution in [0.4, 0.5) is 0 Å². The summed E-state index contributed by atoms with van der Waals surface area (Å²) < 4.78 is 9.78. The molecule has 0 radical (unpaired) electrons. The fraction of sp³-hybridized carbons (Fsp3) is 0.300. The van der Waals surface area contributed by atoms with E-state index >= 15 is 0 Å². The van der Waals surface area contributed by atoms with Crippen LogP contribution < -0.4 is 4.74 Å². The van der Waals surface area contributed by atoms with Gasteiger partial charge in [-0.15, -0.1) is 0 Å². The van der Waals surface area contributed by atoms with E-state index in [1.54, 1.807) is 37.4 Å². The molecule has 2 aromatic carbocycles. The summed E-state index contributed by atoms with van der Waals surface area (Å²) in [6.45, 7) is 1.50. The van der Waals surface area contributed by atoms with Crippen LogP contribution in [0.25, 0.3) is 10.8 Å². The molecule has 2 atom stereocenters. The van der Waals surface area contributed by atoms with Crippen molar-refractivity contribution >= 4 is 34.6 Å². The summed E-state index contributed by atoms with van der Waals surface area (Å²) in [6.07, 6.45) is -2.39. The summed E-state index contributed by atoms with van der Waals surface area (Å²) in [5.41, 5.74) is -2.31. The molecule has 29 heavy (non-hydrogen) atoms. The van der Waals surface area contributed by atoms with Crippen LogP contribution in [0.15, 0.2) is 36.4 Å². The standard InChI is InChI=1S/C20H20O9/c1-11(12-3-4-14-8-15(28-2)6-5-13(14)7-12)18(24)29-17(23)10-20(27,19(25)26)9-16(21)22/h3-8,11,27H,9-10H2,1-2H3,(H,21,22)(H,25,26)/t11-,20?/m0/s1. The molecule has 0 aromatic heterocycles. The number of aliphatic carboxylic acids is 2. The molecule has 9 heteroatoms. The van der Waals surface area contributed by atoms with Crippen LogP contribution in [0, 0.1) is 0 Å². The van der Waals surface area contributed by atoms with Crippen molar-refractivity contribution in [1.29, 1.82) is 0 Å². The third-order valence-electron chi connectivity index (χ3n) is 4.42. The van der Waals surface area contributed by atoms with Crippen LogP contribution in [0.5, 0.6) is 5.75 Å². The van der Waals surface area contributed by atoms with Gasteiger partial charge >= 0.3 is 23.9 Å². The summed E-state index contributed by atoms with van der Waals surface area (Å²) >= 11 is 0. The minimum absolute atomic E-state index is 0.555. The van der Waals surface area contributed by atoms with Crippen molar-refractivity contribution in [2.24, 2.45) is 0 Å². The lowest BCUT2D eigenvalue weighted by atomic mass is 9.95. The van der Waals surface area contributed by atoms with Gasteiger partial charge in [0.25, 0.3) is 0 Å². The molecule has 0 amide bonds. The Morgan fingerprint density at radius 2 is 1.62 bits per heavy atom. The minimum atomic E-state index is -2.87. The van der Waals surface area contributed by atoms with Crippen molar-refractivity contribution in [1.82, 2.24) is 0 Å². The van der Waals surface area contributed by atoms with Gasteiger partial charge in [-0.1, -0.05) is 24.3 Å². The second-order valence-corrected chi connectivity index (χ2v) is 6.57. The molecule has 0 aliphatic rings. The number of carbonyl (C=O) groups is 4. The first-order valence-electron chi connectivity index (χ1n) is 8.55. The van der Waals surface area contributed by atoms with E-state index in [9.17, 15) is 24.3 Å². The molecule has 0 saturated carbocycles. The third kappa shape index (κ3) is 5.29. The summed E-state index contributed by atoms with van der Waals surface area (Å²) in [4.78, 5) is 46.0. The average molecular weight is 404 g/mol. The van der Waals surface area contributed by atoms with Gasteiger partial charge in [0.05, 0.1) is 25.9 Å². The molecule has 0 aliphatic heterocycles. The van der Waals surface area contributed by atoms with Crippen molar-refractivity contribution < 1.29 is 44.0 Å². The Kier molecular flexibility index (Phi) is 6.55. The maximum absolute atomic E-state index is 12.3. The number of esters is 2. The van der Waals surface area contributed by atoms with E-state index in [4.69, 9.17) is 14.9 Å². The van der Waals surface area contributed by atoms with Gasteiger partial charge in [0, 0.05) is 0 Å². The first-order valence-corrected chi connectivity index (χ1v) is 8.55. The number of carboxylic acids is 2. The van der Waals surface area contributed by atoms with Gasteiger partial charge in [-0.3, -0.25) is 14.4 Å². The van der Waals surface area contributed by atoms with E-state index in [0.29, 0.717) is 11.3 Å². The molecule has 0 bridgehead atoms. The minimum Gasteiger partial charge on any atom is -0.497 e. The van der Waals surface area contributed by atoms with E-state index in [1.807, 2.05) is 6.07 Å².